The first-order valence-corrected chi connectivity index (χ1v) is 8.09. The molecule has 0 radical (unpaired) electrons. The van der Waals surface area contributed by atoms with Gasteiger partial charge in [-0.05, 0) is 43.2 Å². The van der Waals surface area contributed by atoms with Crippen LogP contribution in [-0.4, -0.2) is 24.5 Å². The van der Waals surface area contributed by atoms with Gasteiger partial charge in [0.25, 0.3) is 0 Å². The number of nitrogens with zero attached hydrogens (tertiary/aromatic N) is 1. The second kappa shape index (κ2) is 7.53. The van der Waals surface area contributed by atoms with E-state index in [2.05, 4.69) is 39.5 Å². The fourth-order valence-corrected chi connectivity index (χ4v) is 3.09. The maximum Gasteiger partial charge on any atom is 0.00300 e. The summed E-state index contributed by atoms with van der Waals surface area (Å²) in [6, 6.07) is 0. The summed E-state index contributed by atoms with van der Waals surface area (Å²) in [7, 11) is 0. The van der Waals surface area contributed by atoms with Crippen LogP contribution in [0.3, 0.4) is 0 Å². The van der Waals surface area contributed by atoms with Crippen molar-refractivity contribution in [3.05, 3.63) is 0 Å². The number of hydrogen-bond donors (Lipinski definition) is 0. The summed E-state index contributed by atoms with van der Waals surface area (Å²) in [6.45, 7) is 15.7. The monoisotopic (exact) mass is 253 g/mol. The molecule has 0 N–H and O–H groups in total. The molecule has 0 spiro atoms. The molecule has 1 fully saturated rings. The predicted octanol–water partition coefficient (Wildman–Crippen LogP) is 4.96. The number of unbranched alkanes of at least 4 members (excludes halogenated alkanes) is 1. The summed E-state index contributed by atoms with van der Waals surface area (Å²) in [5.41, 5.74) is 0.462. The maximum absolute atomic E-state index is 2.67. The average Bonchev–Trinajstić information content (AvgIpc) is 2.24. The van der Waals surface area contributed by atoms with Gasteiger partial charge in [0.2, 0.25) is 0 Å². The molecular weight excluding hydrogens is 218 g/mol. The molecule has 0 bridgehead atoms. The van der Waals surface area contributed by atoms with E-state index < -0.39 is 0 Å². The molecule has 0 unspecified atom stereocenters. The van der Waals surface area contributed by atoms with E-state index >= 15 is 0 Å². The minimum atomic E-state index is 0.462. The van der Waals surface area contributed by atoms with Crippen molar-refractivity contribution in [2.75, 3.05) is 19.6 Å². The highest BCUT2D eigenvalue weighted by Gasteiger charge is 2.22. The molecule has 0 aliphatic carbocycles. The summed E-state index contributed by atoms with van der Waals surface area (Å²) in [4.78, 5) is 2.67. The zero-order chi connectivity index (χ0) is 13.6. The SMILES string of the molecule is CC(C)CCCCC1CCN(CC(C)(C)C)CC1. The highest BCUT2D eigenvalue weighted by atomic mass is 15.1. The van der Waals surface area contributed by atoms with Crippen molar-refractivity contribution in [3.8, 4) is 0 Å². The van der Waals surface area contributed by atoms with Crippen LogP contribution in [0.4, 0.5) is 0 Å². The van der Waals surface area contributed by atoms with Gasteiger partial charge in [-0.15, -0.1) is 0 Å². The Bertz CT molecular complexity index is 206. The van der Waals surface area contributed by atoms with Gasteiger partial charge in [0.05, 0.1) is 0 Å². The van der Waals surface area contributed by atoms with Crippen molar-refractivity contribution in [2.45, 2.75) is 73.1 Å². The smallest absolute Gasteiger partial charge is 0.00300 e. The third-order valence-electron chi connectivity index (χ3n) is 4.05. The molecule has 0 atom stereocenters. The minimum Gasteiger partial charge on any atom is -0.303 e. The van der Waals surface area contributed by atoms with Crippen LogP contribution in [0, 0.1) is 17.3 Å². The van der Waals surface area contributed by atoms with Gasteiger partial charge in [-0.1, -0.05) is 60.3 Å². The molecule has 1 aliphatic heterocycles. The molecule has 0 amide bonds. The Balaban J connectivity index is 2.08. The summed E-state index contributed by atoms with van der Waals surface area (Å²) >= 11 is 0. The van der Waals surface area contributed by atoms with Gasteiger partial charge in [0.15, 0.2) is 0 Å². The van der Waals surface area contributed by atoms with Crippen molar-refractivity contribution in [2.24, 2.45) is 17.3 Å². The molecule has 108 valence electrons. The van der Waals surface area contributed by atoms with E-state index in [1.54, 1.807) is 0 Å². The molecule has 1 nitrogen and oxygen atoms in total. The topological polar surface area (TPSA) is 3.24 Å². The lowest BCUT2D eigenvalue weighted by molar-refractivity contribution is 0.132. The molecule has 1 rings (SSSR count). The third kappa shape index (κ3) is 7.41. The van der Waals surface area contributed by atoms with Gasteiger partial charge in [0, 0.05) is 6.54 Å². The number of rotatable bonds is 6. The molecule has 1 saturated heterocycles. The molecule has 0 aromatic heterocycles. The molecule has 1 heteroatoms. The van der Waals surface area contributed by atoms with E-state index in [-0.39, 0.29) is 0 Å². The standard InChI is InChI=1S/C17H35N/c1-15(2)8-6-7-9-16-10-12-18(13-11-16)14-17(3,4)5/h15-16H,6-14H2,1-5H3. The first-order chi connectivity index (χ1) is 8.37. The zero-order valence-corrected chi connectivity index (χ0v) is 13.5. The highest BCUT2D eigenvalue weighted by Crippen LogP contribution is 2.25. The van der Waals surface area contributed by atoms with Gasteiger partial charge < -0.3 is 4.90 Å². The van der Waals surface area contributed by atoms with Gasteiger partial charge in [0.1, 0.15) is 0 Å². The van der Waals surface area contributed by atoms with Crippen LogP contribution in [-0.2, 0) is 0 Å². The van der Waals surface area contributed by atoms with Crippen LogP contribution in [0.1, 0.15) is 73.1 Å². The molecule has 0 saturated carbocycles. The van der Waals surface area contributed by atoms with Crippen LogP contribution in [0.25, 0.3) is 0 Å². The van der Waals surface area contributed by atoms with Crippen molar-refractivity contribution >= 4 is 0 Å². The average molecular weight is 253 g/mol. The molecule has 0 aromatic rings. The Morgan fingerprint density at radius 3 is 2.17 bits per heavy atom. The fraction of sp³-hybridized carbons (Fsp3) is 1.00. The number of likely N-dealkylation sites (tertiary alicyclic amines) is 1. The van der Waals surface area contributed by atoms with E-state index in [1.165, 1.54) is 58.2 Å². The van der Waals surface area contributed by atoms with Crippen LogP contribution >= 0.6 is 0 Å². The highest BCUT2D eigenvalue weighted by molar-refractivity contribution is 4.76. The second-order valence-corrected chi connectivity index (χ2v) is 7.96. The summed E-state index contributed by atoms with van der Waals surface area (Å²) in [5, 5.41) is 0. The van der Waals surface area contributed by atoms with E-state index in [0.29, 0.717) is 5.41 Å². The van der Waals surface area contributed by atoms with Crippen LogP contribution < -0.4 is 0 Å². The van der Waals surface area contributed by atoms with E-state index in [1.807, 2.05) is 0 Å². The molecular formula is C17H35N. The molecule has 0 aromatic carbocycles. The Labute approximate surface area is 115 Å². The van der Waals surface area contributed by atoms with Gasteiger partial charge in [-0.3, -0.25) is 0 Å². The van der Waals surface area contributed by atoms with Crippen LogP contribution in [0.5, 0.6) is 0 Å². The largest absolute Gasteiger partial charge is 0.303 e. The van der Waals surface area contributed by atoms with E-state index in [0.717, 1.165) is 11.8 Å². The van der Waals surface area contributed by atoms with Gasteiger partial charge in [-0.2, -0.15) is 0 Å². The molecule has 1 aliphatic rings. The van der Waals surface area contributed by atoms with Crippen molar-refractivity contribution in [3.63, 3.8) is 0 Å². The lowest BCUT2D eigenvalue weighted by Crippen LogP contribution is -2.39. The fourth-order valence-electron chi connectivity index (χ4n) is 3.09. The van der Waals surface area contributed by atoms with Crippen molar-refractivity contribution in [1.82, 2.24) is 4.90 Å². The molecule has 1 heterocycles. The van der Waals surface area contributed by atoms with E-state index in [4.69, 9.17) is 0 Å². The Hall–Kier alpha value is -0.0400. The number of piperidine rings is 1. The van der Waals surface area contributed by atoms with Gasteiger partial charge in [-0.25, -0.2) is 0 Å². The summed E-state index contributed by atoms with van der Waals surface area (Å²) < 4.78 is 0. The zero-order valence-electron chi connectivity index (χ0n) is 13.5. The van der Waals surface area contributed by atoms with Crippen molar-refractivity contribution < 1.29 is 0 Å². The number of hydrogen-bond acceptors (Lipinski definition) is 1. The van der Waals surface area contributed by atoms with Crippen molar-refractivity contribution in [1.29, 1.82) is 0 Å². The maximum atomic E-state index is 2.67. The Morgan fingerprint density at radius 2 is 1.67 bits per heavy atom. The quantitative estimate of drug-likeness (QED) is 0.605. The Morgan fingerprint density at radius 1 is 1.06 bits per heavy atom. The summed E-state index contributed by atoms with van der Waals surface area (Å²) in [6.07, 6.45) is 8.69. The van der Waals surface area contributed by atoms with Crippen LogP contribution in [0.2, 0.25) is 0 Å². The lowest BCUT2D eigenvalue weighted by atomic mass is 9.89. The predicted molar refractivity (Wildman–Crippen MR) is 81.9 cm³/mol. The first-order valence-electron chi connectivity index (χ1n) is 8.09. The minimum absolute atomic E-state index is 0.462. The Kier molecular flexibility index (Phi) is 6.70. The second-order valence-electron chi connectivity index (χ2n) is 7.96. The third-order valence-corrected chi connectivity index (χ3v) is 4.05. The normalized spacial score (nSPS) is 19.7. The van der Waals surface area contributed by atoms with E-state index in [9.17, 15) is 0 Å². The van der Waals surface area contributed by atoms with Gasteiger partial charge >= 0.3 is 0 Å². The molecule has 18 heavy (non-hydrogen) atoms. The lowest BCUT2D eigenvalue weighted by Gasteiger charge is -2.36. The van der Waals surface area contributed by atoms with Crippen LogP contribution in [0.15, 0.2) is 0 Å². The first kappa shape index (κ1) is 16.0. The summed E-state index contributed by atoms with van der Waals surface area (Å²) in [5.74, 6) is 1.91.